The molecule has 0 unspecified atom stereocenters. The molecule has 0 spiro atoms. The van der Waals surface area contributed by atoms with Gasteiger partial charge in [0.25, 0.3) is 0 Å². The molecule has 116 valence electrons. The molecule has 1 aromatic carbocycles. The van der Waals surface area contributed by atoms with Crippen molar-refractivity contribution >= 4 is 20.7 Å². The zero-order valence-corrected chi connectivity index (χ0v) is 14.9. The minimum absolute atomic E-state index is 0.0468. The van der Waals surface area contributed by atoms with E-state index in [0.29, 0.717) is 0 Å². The first-order valence-electron chi connectivity index (χ1n) is 7.21. The van der Waals surface area contributed by atoms with E-state index in [4.69, 9.17) is 9.69 Å². The van der Waals surface area contributed by atoms with Crippen LogP contribution in [0.3, 0.4) is 0 Å². The van der Waals surface area contributed by atoms with Crippen LogP contribution in [0.5, 0.6) is 0 Å². The van der Waals surface area contributed by atoms with Crippen molar-refractivity contribution in [3.63, 3.8) is 0 Å². The van der Waals surface area contributed by atoms with Crippen LogP contribution < -0.4 is 0 Å². The van der Waals surface area contributed by atoms with Crippen LogP contribution in [0.2, 0.25) is 0 Å². The van der Waals surface area contributed by atoms with Gasteiger partial charge in [0, 0.05) is 0 Å². The van der Waals surface area contributed by atoms with E-state index in [1.807, 2.05) is 12.1 Å². The molecule has 0 saturated heterocycles. The predicted molar refractivity (Wildman–Crippen MR) is 87.7 cm³/mol. The fourth-order valence-corrected chi connectivity index (χ4v) is 4.20. The molecular formula is C17H22ClN2Rh. The van der Waals surface area contributed by atoms with Crippen molar-refractivity contribution in [2.75, 3.05) is 0 Å². The number of rotatable bonds is 0. The molecule has 1 aliphatic rings. The van der Waals surface area contributed by atoms with Gasteiger partial charge in [-0.2, -0.15) is 0 Å². The van der Waals surface area contributed by atoms with Gasteiger partial charge in [0.2, 0.25) is 0 Å². The number of halogens is 1. The fourth-order valence-electron chi connectivity index (χ4n) is 2.39. The molecule has 2 nitrogen and oxygen atoms in total. The molecule has 4 heteroatoms. The Morgan fingerprint density at radius 1 is 0.810 bits per heavy atom. The molecule has 1 aromatic heterocycles. The van der Waals surface area contributed by atoms with Gasteiger partial charge in [-0.05, 0) is 25.7 Å². The summed E-state index contributed by atoms with van der Waals surface area (Å²) >= 11 is -0.0468. The zero-order chi connectivity index (χ0) is 15.1. The Morgan fingerprint density at radius 2 is 1.19 bits per heavy atom. The summed E-state index contributed by atoms with van der Waals surface area (Å²) in [6, 6.07) is 8.33. The van der Waals surface area contributed by atoms with Gasteiger partial charge in [-0.3, -0.25) is 0 Å². The van der Waals surface area contributed by atoms with E-state index in [1.165, 1.54) is 40.7 Å². The fraction of sp³-hybridized carbons (Fsp3) is 0.353. The number of aromatic nitrogens is 2. The Labute approximate surface area is 137 Å². The van der Waals surface area contributed by atoms with Gasteiger partial charge >= 0.3 is 87.9 Å². The van der Waals surface area contributed by atoms with E-state index in [0.717, 1.165) is 0 Å². The van der Waals surface area contributed by atoms with Crippen LogP contribution in [0.1, 0.15) is 25.7 Å². The van der Waals surface area contributed by atoms with Crippen LogP contribution in [0.4, 0.5) is 0 Å². The third-order valence-electron chi connectivity index (χ3n) is 3.52. The molecule has 21 heavy (non-hydrogen) atoms. The normalized spacial score (nSPS) is 17.7. The van der Waals surface area contributed by atoms with Crippen LogP contribution in [-0.2, 0) is 29.8 Å². The summed E-state index contributed by atoms with van der Waals surface area (Å²) in [5.41, 5.74) is 2.48. The molecule has 1 aliphatic carbocycles. The summed E-state index contributed by atoms with van der Waals surface area (Å²) in [6.45, 7) is 0. The number of imidazole rings is 1. The first-order valence-corrected chi connectivity index (χ1v) is 10.1. The third-order valence-corrected chi connectivity index (χ3v) is 5.56. The summed E-state index contributed by atoms with van der Waals surface area (Å²) in [5, 5.41) is 0. The second-order valence-electron chi connectivity index (χ2n) is 5.02. The molecule has 0 N–H and O–H groups in total. The van der Waals surface area contributed by atoms with E-state index in [9.17, 15) is 0 Å². The third kappa shape index (κ3) is 4.28. The second kappa shape index (κ2) is 8.51. The maximum atomic E-state index is 5.94. The summed E-state index contributed by atoms with van der Waals surface area (Å²) in [5.74, 6) is 0. The first kappa shape index (κ1) is 16.5. The van der Waals surface area contributed by atoms with E-state index >= 15 is 0 Å². The van der Waals surface area contributed by atoms with Crippen molar-refractivity contribution in [2.45, 2.75) is 25.7 Å². The van der Waals surface area contributed by atoms with Crippen molar-refractivity contribution in [3.05, 3.63) is 52.6 Å². The summed E-state index contributed by atoms with van der Waals surface area (Å²) in [6.07, 6.45) is 14.0. The average molecular weight is 393 g/mol. The monoisotopic (exact) mass is 392 g/mol. The minimum atomic E-state index is -0.0468. The van der Waals surface area contributed by atoms with E-state index in [1.54, 1.807) is 0 Å². The first-order chi connectivity index (χ1) is 10.3. The molecule has 0 radical (unpaired) electrons. The zero-order valence-electron chi connectivity index (χ0n) is 12.6. The van der Waals surface area contributed by atoms with Crippen molar-refractivity contribution in [1.82, 2.24) is 9.13 Å². The Morgan fingerprint density at radius 3 is 1.52 bits per heavy atom. The number of hydrogen-bond acceptors (Lipinski definition) is 0. The molecule has 0 atom stereocenters. The maximum absolute atomic E-state index is 5.94. The van der Waals surface area contributed by atoms with E-state index in [-0.39, 0.29) is 15.7 Å². The number of hydrogen-bond donors (Lipinski definition) is 0. The van der Waals surface area contributed by atoms with Gasteiger partial charge < -0.3 is 0 Å². The molecule has 0 saturated carbocycles. The van der Waals surface area contributed by atoms with Crippen LogP contribution in [0, 0.1) is 4.01 Å². The Kier molecular flexibility index (Phi) is 6.67. The molecule has 1 heterocycles. The van der Waals surface area contributed by atoms with Crippen molar-refractivity contribution < 1.29 is 15.7 Å². The summed E-state index contributed by atoms with van der Waals surface area (Å²) in [4.78, 5) is 0. The Balaban J connectivity index is 0.000000173. The predicted octanol–water partition coefficient (Wildman–Crippen LogP) is 4.96. The van der Waals surface area contributed by atoms with Gasteiger partial charge in [0.15, 0.2) is 0 Å². The Bertz CT molecular complexity index is 639. The molecular weight excluding hydrogens is 371 g/mol. The second-order valence-corrected chi connectivity index (χ2v) is 6.80. The standard InChI is InChI=1S/C9H10N2.C8H12.ClH.Rh/c1-10-7-11(2)9-6-4-3-5-8(9)10;1-2-4-6-8-7-5-3-1;;/h3-6H,1-2H3;1-2,7-8H,3-6H2;1H;/q;;;+1/p-1/b;2-1-,8-7-;;. The van der Waals surface area contributed by atoms with Crippen LogP contribution in [-0.4, -0.2) is 9.13 Å². The van der Waals surface area contributed by atoms with Gasteiger partial charge in [-0.15, -0.1) is 0 Å². The molecule has 0 bridgehead atoms. The molecule has 2 aromatic rings. The molecule has 0 aliphatic heterocycles. The molecule has 0 amide bonds. The summed E-state index contributed by atoms with van der Waals surface area (Å²) in [7, 11) is 10.1. The SMILES string of the molecule is C1=C\CC/C=C\CC/1.Cn1[c](=[Rh][Cl])n(C)c2ccccc21. The van der Waals surface area contributed by atoms with Crippen LogP contribution in [0.25, 0.3) is 11.0 Å². The number of aryl methyl sites for hydroxylation is 2. The Hall–Kier alpha value is -0.917. The van der Waals surface area contributed by atoms with Crippen LogP contribution in [0.15, 0.2) is 48.6 Å². The average Bonchev–Trinajstić information content (AvgIpc) is 2.71. The number of fused-ring (bicyclic) bond motifs is 1. The van der Waals surface area contributed by atoms with Crippen molar-refractivity contribution in [1.29, 1.82) is 0 Å². The number of allylic oxidation sites excluding steroid dienone is 4. The quantitative estimate of drug-likeness (QED) is 0.443. The topological polar surface area (TPSA) is 9.86 Å². The van der Waals surface area contributed by atoms with E-state index < -0.39 is 0 Å². The van der Waals surface area contributed by atoms with E-state index in [2.05, 4.69) is 59.7 Å². The molecule has 0 fully saturated rings. The van der Waals surface area contributed by atoms with Gasteiger partial charge in [-0.1, -0.05) is 24.3 Å². The van der Waals surface area contributed by atoms with Crippen molar-refractivity contribution in [2.24, 2.45) is 14.1 Å². The summed E-state index contributed by atoms with van der Waals surface area (Å²) < 4.78 is 5.51. The van der Waals surface area contributed by atoms with Crippen LogP contribution >= 0.6 is 9.69 Å². The van der Waals surface area contributed by atoms with Gasteiger partial charge in [0.05, 0.1) is 0 Å². The van der Waals surface area contributed by atoms with Gasteiger partial charge in [-0.25, -0.2) is 0 Å². The number of benzene rings is 1. The van der Waals surface area contributed by atoms with Gasteiger partial charge in [0.1, 0.15) is 0 Å². The van der Waals surface area contributed by atoms with Crippen molar-refractivity contribution in [3.8, 4) is 0 Å². The number of nitrogens with zero attached hydrogens (tertiary/aromatic N) is 2. The molecule has 3 rings (SSSR count). The number of para-hydroxylation sites is 2.